The molecule has 0 aliphatic carbocycles. The van der Waals surface area contributed by atoms with Gasteiger partial charge < -0.3 is 10.6 Å². The third-order valence-corrected chi connectivity index (χ3v) is 3.63. The number of nitriles is 1. The Morgan fingerprint density at radius 2 is 1.48 bits per heavy atom. The molecule has 132 valence electrons. The van der Waals surface area contributed by atoms with Gasteiger partial charge in [0.2, 0.25) is 0 Å². The van der Waals surface area contributed by atoms with Crippen molar-refractivity contribution in [3.63, 3.8) is 0 Å². The first-order valence-electron chi connectivity index (χ1n) is 7.89. The van der Waals surface area contributed by atoms with E-state index >= 15 is 0 Å². The van der Waals surface area contributed by atoms with Crippen molar-refractivity contribution in [2.24, 2.45) is 0 Å². The molecule has 2 N–H and O–H groups in total. The molecule has 27 heavy (non-hydrogen) atoms. The first-order chi connectivity index (χ1) is 13.0. The zero-order valence-corrected chi connectivity index (χ0v) is 13.9. The number of halogens is 1. The van der Waals surface area contributed by atoms with Gasteiger partial charge in [-0.1, -0.05) is 0 Å². The van der Waals surface area contributed by atoms with E-state index in [1.807, 2.05) is 6.07 Å². The lowest BCUT2D eigenvalue weighted by Gasteiger charge is -2.07. The second-order valence-electron chi connectivity index (χ2n) is 5.53. The Hall–Kier alpha value is -4.05. The quantitative estimate of drug-likeness (QED) is 0.743. The first kappa shape index (κ1) is 17.8. The number of carbonyl (C=O) groups is 2. The minimum absolute atomic E-state index is 0.0480. The molecule has 3 rings (SSSR count). The molecular formula is C20H13FN4O2. The van der Waals surface area contributed by atoms with E-state index in [0.717, 1.165) is 0 Å². The molecule has 0 saturated carbocycles. The van der Waals surface area contributed by atoms with Crippen LogP contribution in [0.1, 0.15) is 26.4 Å². The van der Waals surface area contributed by atoms with Gasteiger partial charge >= 0.3 is 0 Å². The number of anilines is 2. The highest BCUT2D eigenvalue weighted by Gasteiger charge is 2.12. The molecule has 0 fully saturated rings. The number of benzene rings is 2. The molecule has 1 heterocycles. The Balaban J connectivity index is 1.71. The van der Waals surface area contributed by atoms with Gasteiger partial charge in [0.15, 0.2) is 0 Å². The summed E-state index contributed by atoms with van der Waals surface area (Å²) in [5, 5.41) is 14.1. The fourth-order valence-electron chi connectivity index (χ4n) is 2.26. The van der Waals surface area contributed by atoms with Crippen LogP contribution in [0.2, 0.25) is 0 Å². The molecule has 0 radical (unpaired) electrons. The molecular weight excluding hydrogens is 347 g/mol. The van der Waals surface area contributed by atoms with Crippen LogP contribution in [0.4, 0.5) is 15.8 Å². The number of hydrogen-bond acceptors (Lipinski definition) is 4. The first-order valence-corrected chi connectivity index (χ1v) is 7.89. The van der Waals surface area contributed by atoms with E-state index in [9.17, 15) is 14.0 Å². The van der Waals surface area contributed by atoms with Crippen LogP contribution >= 0.6 is 0 Å². The van der Waals surface area contributed by atoms with Crippen molar-refractivity contribution in [2.75, 3.05) is 10.6 Å². The molecule has 0 aliphatic rings. The summed E-state index contributed by atoms with van der Waals surface area (Å²) in [6.45, 7) is 0. The zero-order chi connectivity index (χ0) is 19.2. The average molecular weight is 360 g/mol. The molecule has 3 aromatic rings. The molecule has 0 atom stereocenters. The van der Waals surface area contributed by atoms with Gasteiger partial charge in [-0.25, -0.2) is 4.39 Å². The number of aromatic nitrogens is 1. The maximum absolute atomic E-state index is 12.9. The van der Waals surface area contributed by atoms with Crippen LogP contribution in [0.25, 0.3) is 0 Å². The Kier molecular flexibility index (Phi) is 5.19. The highest BCUT2D eigenvalue weighted by atomic mass is 19.1. The van der Waals surface area contributed by atoms with Gasteiger partial charge in [-0.3, -0.25) is 14.6 Å². The summed E-state index contributed by atoms with van der Waals surface area (Å²) >= 11 is 0. The number of carbonyl (C=O) groups excluding carboxylic acids is 2. The monoisotopic (exact) mass is 360 g/mol. The summed E-state index contributed by atoms with van der Waals surface area (Å²) in [6, 6.07) is 16.5. The van der Waals surface area contributed by atoms with E-state index < -0.39 is 17.6 Å². The van der Waals surface area contributed by atoms with Crippen molar-refractivity contribution in [2.45, 2.75) is 0 Å². The van der Waals surface area contributed by atoms with Gasteiger partial charge in [-0.05, 0) is 60.7 Å². The fraction of sp³-hybridized carbons (Fsp3) is 0. The molecule has 0 bridgehead atoms. The van der Waals surface area contributed by atoms with E-state index in [1.54, 1.807) is 24.3 Å². The third kappa shape index (κ3) is 4.52. The van der Waals surface area contributed by atoms with Crippen LogP contribution in [0.5, 0.6) is 0 Å². The molecule has 2 amide bonds. The summed E-state index contributed by atoms with van der Waals surface area (Å²) in [7, 11) is 0. The highest BCUT2D eigenvalue weighted by Crippen LogP contribution is 2.13. The summed E-state index contributed by atoms with van der Waals surface area (Å²) in [5.74, 6) is -1.35. The normalized spacial score (nSPS) is 9.93. The maximum atomic E-state index is 12.9. The van der Waals surface area contributed by atoms with Crippen LogP contribution in [-0.2, 0) is 0 Å². The van der Waals surface area contributed by atoms with Crippen molar-refractivity contribution in [3.8, 4) is 6.07 Å². The van der Waals surface area contributed by atoms with Gasteiger partial charge in [0.1, 0.15) is 11.5 Å². The minimum atomic E-state index is -0.519. The molecule has 0 saturated heterocycles. The van der Waals surface area contributed by atoms with E-state index in [2.05, 4.69) is 15.6 Å². The topological polar surface area (TPSA) is 94.9 Å². The minimum Gasteiger partial charge on any atom is -0.322 e. The number of hydrogen-bond donors (Lipinski definition) is 2. The number of nitrogens with one attached hydrogen (secondary N) is 2. The molecule has 2 aromatic carbocycles. The Morgan fingerprint density at radius 1 is 0.889 bits per heavy atom. The second kappa shape index (κ2) is 7.89. The third-order valence-electron chi connectivity index (χ3n) is 3.63. The lowest BCUT2D eigenvalue weighted by molar-refractivity contribution is 0.102. The number of amides is 2. The molecule has 0 aliphatic heterocycles. The van der Waals surface area contributed by atoms with Gasteiger partial charge in [-0.15, -0.1) is 0 Å². The lowest BCUT2D eigenvalue weighted by Crippen LogP contribution is -2.17. The summed E-state index contributed by atoms with van der Waals surface area (Å²) < 4.78 is 12.9. The molecule has 0 spiro atoms. The Bertz CT molecular complexity index is 1030. The van der Waals surface area contributed by atoms with Gasteiger partial charge in [-0.2, -0.15) is 5.26 Å². The predicted octanol–water partition coefficient (Wildman–Crippen LogP) is 3.60. The van der Waals surface area contributed by atoms with Crippen LogP contribution in [0.15, 0.2) is 66.9 Å². The van der Waals surface area contributed by atoms with Gasteiger partial charge in [0.25, 0.3) is 11.8 Å². The molecule has 7 heteroatoms. The fourth-order valence-corrected chi connectivity index (χ4v) is 2.26. The summed E-state index contributed by atoms with van der Waals surface area (Å²) in [4.78, 5) is 28.6. The predicted molar refractivity (Wildman–Crippen MR) is 97.7 cm³/mol. The van der Waals surface area contributed by atoms with Crippen LogP contribution in [0.3, 0.4) is 0 Å². The molecule has 0 unspecified atom stereocenters. The van der Waals surface area contributed by atoms with E-state index in [1.165, 1.54) is 42.6 Å². The largest absolute Gasteiger partial charge is 0.322 e. The smallest absolute Gasteiger partial charge is 0.274 e. The van der Waals surface area contributed by atoms with Gasteiger partial charge in [0.05, 0.1) is 11.6 Å². The van der Waals surface area contributed by atoms with Crippen LogP contribution in [0, 0.1) is 17.1 Å². The van der Waals surface area contributed by atoms with Crippen molar-refractivity contribution >= 4 is 23.2 Å². The second-order valence-corrected chi connectivity index (χ2v) is 5.53. The highest BCUT2D eigenvalue weighted by molar-refractivity contribution is 6.07. The van der Waals surface area contributed by atoms with E-state index in [4.69, 9.17) is 5.26 Å². The SMILES string of the molecule is N#Cc1ccc(NC(=O)c2ccnc(C(=O)Nc3ccc(F)cc3)c2)cc1. The van der Waals surface area contributed by atoms with E-state index in [0.29, 0.717) is 16.9 Å². The number of pyridine rings is 1. The Morgan fingerprint density at radius 3 is 2.11 bits per heavy atom. The maximum Gasteiger partial charge on any atom is 0.274 e. The lowest BCUT2D eigenvalue weighted by atomic mass is 10.2. The van der Waals surface area contributed by atoms with Crippen molar-refractivity contribution in [3.05, 3.63) is 89.5 Å². The standard InChI is InChI=1S/C20H13FN4O2/c21-15-3-7-17(8-4-15)25-20(27)18-11-14(9-10-23-18)19(26)24-16-5-1-13(12-22)2-6-16/h1-11H,(H,24,26)(H,25,27). The van der Waals surface area contributed by atoms with Crippen molar-refractivity contribution in [1.82, 2.24) is 4.98 Å². The molecule has 6 nitrogen and oxygen atoms in total. The van der Waals surface area contributed by atoms with Crippen LogP contribution in [-0.4, -0.2) is 16.8 Å². The molecule has 1 aromatic heterocycles. The van der Waals surface area contributed by atoms with Crippen molar-refractivity contribution in [1.29, 1.82) is 5.26 Å². The summed E-state index contributed by atoms with van der Waals surface area (Å²) in [5.41, 5.74) is 1.71. The van der Waals surface area contributed by atoms with Gasteiger partial charge in [0, 0.05) is 23.1 Å². The van der Waals surface area contributed by atoms with Crippen LogP contribution < -0.4 is 10.6 Å². The average Bonchev–Trinajstić information content (AvgIpc) is 2.70. The number of rotatable bonds is 4. The number of nitrogens with zero attached hydrogens (tertiary/aromatic N) is 2. The zero-order valence-electron chi connectivity index (χ0n) is 13.9. The summed E-state index contributed by atoms with van der Waals surface area (Å²) in [6.07, 6.45) is 1.35. The van der Waals surface area contributed by atoms with Crippen molar-refractivity contribution < 1.29 is 14.0 Å². The van der Waals surface area contributed by atoms with E-state index in [-0.39, 0.29) is 11.3 Å². The Labute approximate surface area is 154 Å².